The minimum absolute atomic E-state index is 0.759. The fourth-order valence-electron chi connectivity index (χ4n) is 2.39. The Hall–Kier alpha value is -2.66. The normalized spacial score (nSPS) is 11.0. The van der Waals surface area contributed by atoms with Crippen LogP contribution in [-0.4, -0.2) is 17.0 Å². The Balaban J connectivity index is 1.85. The topological polar surface area (TPSA) is 42.2 Å². The second-order valence-corrected chi connectivity index (χ2v) is 5.95. The number of thiophene rings is 1. The van der Waals surface area contributed by atoms with Gasteiger partial charge in [0.25, 0.3) is 0 Å². The molecule has 4 nitrogen and oxygen atoms in total. The molecule has 0 radical (unpaired) electrons. The maximum absolute atomic E-state index is 5.46. The summed E-state index contributed by atoms with van der Waals surface area (Å²) in [6.07, 6.45) is 3.26. The maximum atomic E-state index is 5.46. The molecule has 0 bridgehead atoms. The Labute approximate surface area is 131 Å². The molecule has 4 aromatic rings. The van der Waals surface area contributed by atoms with Gasteiger partial charge in [0.05, 0.1) is 16.5 Å². The number of aromatic nitrogens is 2. The molecule has 0 spiro atoms. The lowest BCUT2D eigenvalue weighted by Gasteiger charge is -2.14. The first-order chi connectivity index (χ1) is 10.8. The van der Waals surface area contributed by atoms with Crippen molar-refractivity contribution in [3.05, 3.63) is 61.1 Å². The van der Waals surface area contributed by atoms with Crippen LogP contribution in [-0.2, 0) is 0 Å². The first-order valence-electron chi connectivity index (χ1n) is 6.90. The van der Waals surface area contributed by atoms with Crippen LogP contribution in [0.1, 0.15) is 0 Å². The molecule has 5 heteroatoms. The number of anilines is 2. The van der Waals surface area contributed by atoms with Crippen LogP contribution in [0.15, 0.2) is 65.5 Å². The number of hydrogen-bond donors (Lipinski definition) is 0. The van der Waals surface area contributed by atoms with E-state index >= 15 is 0 Å². The van der Waals surface area contributed by atoms with Gasteiger partial charge < -0.3 is 4.42 Å². The van der Waals surface area contributed by atoms with Gasteiger partial charge in [-0.2, -0.15) is 0 Å². The molecule has 0 saturated heterocycles. The van der Waals surface area contributed by atoms with Gasteiger partial charge in [0.2, 0.25) is 5.88 Å². The highest BCUT2D eigenvalue weighted by Crippen LogP contribution is 2.38. The standard InChI is InChI=1S/C17H13N3OS/c1-20(15-8-5-9-21-15)17-16-13(18-11-19-17)10-14(22-16)12-6-3-2-4-7-12/h2-11H,1H3. The number of benzene rings is 1. The van der Waals surface area contributed by atoms with E-state index < -0.39 is 0 Å². The van der Waals surface area contributed by atoms with Crippen molar-refractivity contribution in [2.45, 2.75) is 0 Å². The highest BCUT2D eigenvalue weighted by Gasteiger charge is 2.15. The summed E-state index contributed by atoms with van der Waals surface area (Å²) in [6, 6.07) is 16.2. The summed E-state index contributed by atoms with van der Waals surface area (Å²) in [4.78, 5) is 12.0. The zero-order valence-corrected chi connectivity index (χ0v) is 12.7. The van der Waals surface area contributed by atoms with Crippen LogP contribution >= 0.6 is 11.3 Å². The average Bonchev–Trinajstić information content (AvgIpc) is 3.24. The Bertz CT molecular complexity index is 900. The summed E-state index contributed by atoms with van der Waals surface area (Å²) >= 11 is 1.69. The number of fused-ring (bicyclic) bond motifs is 1. The van der Waals surface area contributed by atoms with E-state index in [9.17, 15) is 0 Å². The molecule has 0 saturated carbocycles. The minimum atomic E-state index is 0.759. The van der Waals surface area contributed by atoms with Crippen LogP contribution in [0.25, 0.3) is 20.7 Å². The molecular formula is C17H13N3OS. The van der Waals surface area contributed by atoms with E-state index in [0.29, 0.717) is 0 Å². The summed E-state index contributed by atoms with van der Waals surface area (Å²) in [5.74, 6) is 1.61. The predicted molar refractivity (Wildman–Crippen MR) is 89.6 cm³/mol. The van der Waals surface area contributed by atoms with E-state index in [-0.39, 0.29) is 0 Å². The maximum Gasteiger partial charge on any atom is 0.200 e. The Morgan fingerprint density at radius 2 is 1.91 bits per heavy atom. The second kappa shape index (κ2) is 5.27. The predicted octanol–water partition coefficient (Wildman–Crippen LogP) is 4.72. The number of nitrogens with zero attached hydrogens (tertiary/aromatic N) is 3. The summed E-state index contributed by atoms with van der Waals surface area (Å²) in [5.41, 5.74) is 2.14. The summed E-state index contributed by atoms with van der Waals surface area (Å²) < 4.78 is 6.52. The smallest absolute Gasteiger partial charge is 0.200 e. The summed E-state index contributed by atoms with van der Waals surface area (Å²) in [6.45, 7) is 0. The summed E-state index contributed by atoms with van der Waals surface area (Å²) in [7, 11) is 1.95. The van der Waals surface area contributed by atoms with Gasteiger partial charge in [-0.25, -0.2) is 9.97 Å². The van der Waals surface area contributed by atoms with Gasteiger partial charge >= 0.3 is 0 Å². The molecule has 0 aliphatic carbocycles. The molecule has 108 valence electrons. The van der Waals surface area contributed by atoms with Gasteiger partial charge in [0.15, 0.2) is 5.82 Å². The van der Waals surface area contributed by atoms with Gasteiger partial charge in [-0.1, -0.05) is 30.3 Å². The lowest BCUT2D eigenvalue weighted by molar-refractivity contribution is 0.569. The van der Waals surface area contributed by atoms with Crippen LogP contribution in [0.4, 0.5) is 11.7 Å². The van der Waals surface area contributed by atoms with E-state index in [4.69, 9.17) is 4.42 Å². The monoisotopic (exact) mass is 307 g/mol. The Morgan fingerprint density at radius 3 is 2.68 bits per heavy atom. The third-order valence-corrected chi connectivity index (χ3v) is 4.67. The van der Waals surface area contributed by atoms with Crippen molar-refractivity contribution in [1.82, 2.24) is 9.97 Å². The van der Waals surface area contributed by atoms with Crippen molar-refractivity contribution < 1.29 is 4.42 Å². The van der Waals surface area contributed by atoms with E-state index in [1.165, 1.54) is 10.4 Å². The van der Waals surface area contributed by atoms with Crippen molar-refractivity contribution in [3.8, 4) is 10.4 Å². The van der Waals surface area contributed by atoms with Crippen LogP contribution in [0.5, 0.6) is 0 Å². The molecule has 4 rings (SSSR count). The fraction of sp³-hybridized carbons (Fsp3) is 0.0588. The highest BCUT2D eigenvalue weighted by atomic mass is 32.1. The van der Waals surface area contributed by atoms with Crippen LogP contribution in [0.3, 0.4) is 0 Å². The molecule has 22 heavy (non-hydrogen) atoms. The Kier molecular flexibility index (Phi) is 3.12. The first kappa shape index (κ1) is 13.0. The molecule has 0 unspecified atom stereocenters. The van der Waals surface area contributed by atoms with E-state index in [1.807, 2.05) is 42.3 Å². The lowest BCUT2D eigenvalue weighted by Crippen LogP contribution is -2.10. The van der Waals surface area contributed by atoms with Crippen LogP contribution < -0.4 is 4.90 Å². The number of hydrogen-bond acceptors (Lipinski definition) is 5. The van der Waals surface area contributed by atoms with Gasteiger partial charge in [0, 0.05) is 18.0 Å². The van der Waals surface area contributed by atoms with Gasteiger partial charge in [-0.3, -0.25) is 4.90 Å². The third kappa shape index (κ3) is 2.16. The van der Waals surface area contributed by atoms with E-state index in [2.05, 4.69) is 28.2 Å². The SMILES string of the molecule is CN(c1ccco1)c1ncnc2cc(-c3ccccc3)sc12. The lowest BCUT2D eigenvalue weighted by atomic mass is 10.2. The molecule has 3 aromatic heterocycles. The average molecular weight is 307 g/mol. The van der Waals surface area contributed by atoms with Crippen molar-refractivity contribution >= 4 is 33.3 Å². The highest BCUT2D eigenvalue weighted by molar-refractivity contribution is 7.22. The molecule has 3 heterocycles. The molecule has 0 aliphatic heterocycles. The van der Waals surface area contributed by atoms with E-state index in [0.717, 1.165) is 21.9 Å². The van der Waals surface area contributed by atoms with Crippen molar-refractivity contribution in [1.29, 1.82) is 0 Å². The molecule has 1 aromatic carbocycles. The fourth-order valence-corrected chi connectivity index (χ4v) is 3.53. The first-order valence-corrected chi connectivity index (χ1v) is 7.72. The largest absolute Gasteiger partial charge is 0.448 e. The molecule has 0 N–H and O–H groups in total. The van der Waals surface area contributed by atoms with Crippen molar-refractivity contribution in [2.75, 3.05) is 11.9 Å². The van der Waals surface area contributed by atoms with Gasteiger partial charge in [-0.05, 0) is 17.7 Å². The second-order valence-electron chi connectivity index (χ2n) is 4.90. The minimum Gasteiger partial charge on any atom is -0.448 e. The zero-order chi connectivity index (χ0) is 14.9. The molecular weight excluding hydrogens is 294 g/mol. The van der Waals surface area contributed by atoms with Gasteiger partial charge in [-0.15, -0.1) is 11.3 Å². The van der Waals surface area contributed by atoms with Crippen molar-refractivity contribution in [2.24, 2.45) is 0 Å². The Morgan fingerprint density at radius 1 is 1.05 bits per heavy atom. The van der Waals surface area contributed by atoms with Crippen LogP contribution in [0, 0.1) is 0 Å². The zero-order valence-electron chi connectivity index (χ0n) is 11.9. The molecule has 0 atom stereocenters. The molecule has 0 amide bonds. The van der Waals surface area contributed by atoms with E-state index in [1.54, 1.807) is 23.9 Å². The number of furan rings is 1. The quantitative estimate of drug-likeness (QED) is 0.549. The molecule has 0 aliphatic rings. The summed E-state index contributed by atoms with van der Waals surface area (Å²) in [5, 5.41) is 0. The van der Waals surface area contributed by atoms with Gasteiger partial charge in [0.1, 0.15) is 6.33 Å². The third-order valence-electron chi connectivity index (χ3n) is 3.51. The molecule has 0 fully saturated rings. The van der Waals surface area contributed by atoms with Crippen LogP contribution in [0.2, 0.25) is 0 Å². The van der Waals surface area contributed by atoms with Crippen molar-refractivity contribution in [3.63, 3.8) is 0 Å². The number of rotatable bonds is 3.